The molecule has 0 radical (unpaired) electrons. The number of carbonyl (C=O) groups is 1. The number of anilines is 1. The molecule has 1 aliphatic heterocycles. The van der Waals surface area contributed by atoms with Gasteiger partial charge in [0.1, 0.15) is 5.75 Å². The van der Waals surface area contributed by atoms with Crippen molar-refractivity contribution in [1.29, 1.82) is 0 Å². The number of sulfonamides is 1. The zero-order chi connectivity index (χ0) is 20.3. The van der Waals surface area contributed by atoms with Crippen LogP contribution >= 0.6 is 0 Å². The van der Waals surface area contributed by atoms with E-state index in [4.69, 9.17) is 4.74 Å². The summed E-state index contributed by atoms with van der Waals surface area (Å²) < 4.78 is 30.4. The Morgan fingerprint density at radius 1 is 1.14 bits per heavy atom. The first-order valence-electron chi connectivity index (χ1n) is 9.35. The molecule has 0 spiro atoms. The average molecular weight is 403 g/mol. The van der Waals surface area contributed by atoms with Gasteiger partial charge >= 0.3 is 0 Å². The van der Waals surface area contributed by atoms with Crippen molar-refractivity contribution in [2.75, 3.05) is 24.2 Å². The fourth-order valence-corrected chi connectivity index (χ4v) is 3.79. The van der Waals surface area contributed by atoms with E-state index in [0.717, 1.165) is 12.7 Å². The van der Waals surface area contributed by atoms with E-state index >= 15 is 0 Å². The van der Waals surface area contributed by atoms with Crippen LogP contribution in [0.15, 0.2) is 48.5 Å². The summed E-state index contributed by atoms with van der Waals surface area (Å²) >= 11 is 0. The Labute approximate surface area is 166 Å². The molecule has 0 saturated carbocycles. The first-order chi connectivity index (χ1) is 13.3. The summed E-state index contributed by atoms with van der Waals surface area (Å²) in [4.78, 5) is 14.8. The van der Waals surface area contributed by atoms with E-state index in [1.165, 1.54) is 22.5 Å². The molecular formula is C21H26N2O4S. The number of ether oxygens (including phenoxy) is 1. The van der Waals surface area contributed by atoms with Crippen molar-refractivity contribution in [3.63, 3.8) is 0 Å². The number of benzene rings is 2. The number of nitrogens with zero attached hydrogens (tertiary/aromatic N) is 2. The third-order valence-electron chi connectivity index (χ3n) is 5.06. The van der Waals surface area contributed by atoms with Gasteiger partial charge in [-0.25, -0.2) is 8.42 Å². The van der Waals surface area contributed by atoms with E-state index in [9.17, 15) is 13.2 Å². The van der Waals surface area contributed by atoms with Crippen LogP contribution in [0.4, 0.5) is 5.69 Å². The molecule has 0 N–H and O–H groups in total. The van der Waals surface area contributed by atoms with Crippen LogP contribution < -0.4 is 9.04 Å². The highest BCUT2D eigenvalue weighted by Gasteiger charge is 2.27. The molecule has 1 aliphatic rings. The fraction of sp³-hybridized carbons (Fsp3) is 0.381. The Bertz CT molecular complexity index is 941. The second-order valence-corrected chi connectivity index (χ2v) is 9.03. The highest BCUT2D eigenvalue weighted by Crippen LogP contribution is 2.24. The topological polar surface area (TPSA) is 66.9 Å². The molecule has 2 aromatic carbocycles. The molecule has 0 unspecified atom stereocenters. The second-order valence-electron chi connectivity index (χ2n) is 7.02. The standard InChI is InChI=1S/C21H26N2O4S/c1-4-20(21(24)23-14-13-16-7-5-6-8-17(16)15-23)27-19-11-9-18(10-12-19)22(2)28(3,25)26/h5-12,20H,4,13-15H2,1-3H3/t20-/m0/s1. The number of hydrogen-bond donors (Lipinski definition) is 0. The first kappa shape index (κ1) is 20.2. The molecule has 2 aromatic rings. The molecule has 0 aliphatic carbocycles. The molecule has 3 rings (SSSR count). The van der Waals surface area contributed by atoms with Gasteiger partial charge in [-0.2, -0.15) is 0 Å². The Balaban J connectivity index is 1.68. The van der Waals surface area contributed by atoms with E-state index < -0.39 is 16.1 Å². The van der Waals surface area contributed by atoms with Crippen LogP contribution in [0.5, 0.6) is 5.75 Å². The summed E-state index contributed by atoms with van der Waals surface area (Å²) in [7, 11) is -1.82. The van der Waals surface area contributed by atoms with Crippen LogP contribution in [0, 0.1) is 0 Å². The van der Waals surface area contributed by atoms with Gasteiger partial charge in [-0.1, -0.05) is 31.2 Å². The Hall–Kier alpha value is -2.54. The Kier molecular flexibility index (Phi) is 5.93. The van der Waals surface area contributed by atoms with E-state index in [2.05, 4.69) is 12.1 Å². The summed E-state index contributed by atoms with van der Waals surface area (Å²) in [6.45, 7) is 3.22. The van der Waals surface area contributed by atoms with E-state index in [1.54, 1.807) is 24.3 Å². The van der Waals surface area contributed by atoms with Crippen LogP contribution in [-0.2, 0) is 27.8 Å². The average Bonchev–Trinajstić information content (AvgIpc) is 2.70. The number of amides is 1. The summed E-state index contributed by atoms with van der Waals surface area (Å²) in [5.74, 6) is 0.526. The molecule has 1 amide bonds. The van der Waals surface area contributed by atoms with Crippen LogP contribution in [-0.4, -0.2) is 45.2 Å². The fourth-order valence-electron chi connectivity index (χ4n) is 3.29. The van der Waals surface area contributed by atoms with Gasteiger partial charge in [-0.15, -0.1) is 0 Å². The zero-order valence-corrected chi connectivity index (χ0v) is 17.3. The lowest BCUT2D eigenvalue weighted by atomic mass is 9.99. The van der Waals surface area contributed by atoms with Crippen molar-refractivity contribution in [2.45, 2.75) is 32.4 Å². The number of carbonyl (C=O) groups excluding carboxylic acids is 1. The molecule has 0 aromatic heterocycles. The van der Waals surface area contributed by atoms with E-state index in [0.29, 0.717) is 30.9 Å². The van der Waals surface area contributed by atoms with Crippen molar-refractivity contribution >= 4 is 21.6 Å². The summed E-state index contributed by atoms with van der Waals surface area (Å²) in [5.41, 5.74) is 3.03. The minimum absolute atomic E-state index is 0.0191. The van der Waals surface area contributed by atoms with Gasteiger partial charge in [0.05, 0.1) is 11.9 Å². The number of hydrogen-bond acceptors (Lipinski definition) is 4. The predicted octanol–water partition coefficient (Wildman–Crippen LogP) is 2.82. The van der Waals surface area contributed by atoms with Crippen molar-refractivity contribution in [2.24, 2.45) is 0 Å². The van der Waals surface area contributed by atoms with Gasteiger partial charge in [0, 0.05) is 20.1 Å². The highest BCUT2D eigenvalue weighted by molar-refractivity contribution is 7.92. The molecule has 6 nitrogen and oxygen atoms in total. The first-order valence-corrected chi connectivity index (χ1v) is 11.2. The van der Waals surface area contributed by atoms with Crippen LogP contribution in [0.3, 0.4) is 0 Å². The van der Waals surface area contributed by atoms with Crippen molar-refractivity contribution in [1.82, 2.24) is 4.90 Å². The molecule has 1 atom stereocenters. The van der Waals surface area contributed by atoms with Crippen molar-refractivity contribution in [3.8, 4) is 5.75 Å². The monoisotopic (exact) mass is 402 g/mol. The highest BCUT2D eigenvalue weighted by atomic mass is 32.2. The second kappa shape index (κ2) is 8.22. The summed E-state index contributed by atoms with van der Waals surface area (Å²) in [5, 5.41) is 0. The third kappa shape index (κ3) is 4.47. The maximum Gasteiger partial charge on any atom is 0.263 e. The summed E-state index contributed by atoms with van der Waals surface area (Å²) in [6.07, 6.45) is 2.00. The van der Waals surface area contributed by atoms with Crippen LogP contribution in [0.25, 0.3) is 0 Å². The lowest BCUT2D eigenvalue weighted by Crippen LogP contribution is -2.44. The molecule has 150 valence electrons. The summed E-state index contributed by atoms with van der Waals surface area (Å²) in [6, 6.07) is 14.9. The predicted molar refractivity (Wildman–Crippen MR) is 110 cm³/mol. The quantitative estimate of drug-likeness (QED) is 0.745. The van der Waals surface area contributed by atoms with Crippen molar-refractivity contribution in [3.05, 3.63) is 59.7 Å². The van der Waals surface area contributed by atoms with Gasteiger partial charge < -0.3 is 9.64 Å². The van der Waals surface area contributed by atoms with E-state index in [1.807, 2.05) is 24.0 Å². The molecule has 1 heterocycles. The van der Waals surface area contributed by atoms with Gasteiger partial charge in [-0.3, -0.25) is 9.10 Å². The molecule has 0 bridgehead atoms. The lowest BCUT2D eigenvalue weighted by Gasteiger charge is -2.31. The number of fused-ring (bicyclic) bond motifs is 1. The zero-order valence-electron chi connectivity index (χ0n) is 16.5. The Morgan fingerprint density at radius 2 is 1.79 bits per heavy atom. The molecular weight excluding hydrogens is 376 g/mol. The maximum atomic E-state index is 13.0. The Morgan fingerprint density at radius 3 is 2.39 bits per heavy atom. The van der Waals surface area contributed by atoms with Crippen LogP contribution in [0.2, 0.25) is 0 Å². The SMILES string of the molecule is CC[C@H](Oc1ccc(N(C)S(C)(=O)=O)cc1)C(=O)N1CCc2ccccc2C1. The van der Waals surface area contributed by atoms with Crippen molar-refractivity contribution < 1.29 is 17.9 Å². The normalized spacial score (nSPS) is 14.9. The molecule has 7 heteroatoms. The minimum atomic E-state index is -3.32. The molecule has 0 fully saturated rings. The smallest absolute Gasteiger partial charge is 0.263 e. The van der Waals surface area contributed by atoms with Crippen LogP contribution in [0.1, 0.15) is 24.5 Å². The largest absolute Gasteiger partial charge is 0.481 e. The lowest BCUT2D eigenvalue weighted by molar-refractivity contribution is -0.139. The maximum absolute atomic E-state index is 13.0. The third-order valence-corrected chi connectivity index (χ3v) is 6.27. The van der Waals surface area contributed by atoms with Gasteiger partial charge in [0.25, 0.3) is 5.91 Å². The molecule has 0 saturated heterocycles. The minimum Gasteiger partial charge on any atom is -0.481 e. The van der Waals surface area contributed by atoms with Gasteiger partial charge in [-0.05, 0) is 48.2 Å². The van der Waals surface area contributed by atoms with E-state index in [-0.39, 0.29) is 5.91 Å². The van der Waals surface area contributed by atoms with Gasteiger partial charge in [0.2, 0.25) is 10.0 Å². The molecule has 28 heavy (non-hydrogen) atoms. The number of rotatable bonds is 6. The van der Waals surface area contributed by atoms with Gasteiger partial charge in [0.15, 0.2) is 6.10 Å².